The number of aryl methyl sites for hydroxylation is 1. The minimum absolute atomic E-state index is 0.0542. The van der Waals surface area contributed by atoms with Gasteiger partial charge in [-0.25, -0.2) is 13.1 Å². The maximum absolute atomic E-state index is 12.6. The van der Waals surface area contributed by atoms with Gasteiger partial charge in [0.25, 0.3) is 5.69 Å². The lowest BCUT2D eigenvalue weighted by molar-refractivity contribution is -0.385. The summed E-state index contributed by atoms with van der Waals surface area (Å²) in [6, 6.07) is 10.8. The molecule has 2 rings (SSSR count). The topological polar surface area (TPSA) is 108 Å². The molecule has 0 saturated carbocycles. The monoisotopic (exact) mass is 380 g/mol. The summed E-state index contributed by atoms with van der Waals surface area (Å²) in [5.74, 6) is 0.574. The van der Waals surface area contributed by atoms with Crippen molar-refractivity contribution in [2.45, 2.75) is 17.9 Å². The van der Waals surface area contributed by atoms with Crippen molar-refractivity contribution >= 4 is 15.7 Å². The Morgan fingerprint density at radius 2 is 1.88 bits per heavy atom. The second-order valence-corrected chi connectivity index (χ2v) is 7.26. The smallest absolute Gasteiger partial charge is 0.270 e. The Bertz CT molecular complexity index is 898. The summed E-state index contributed by atoms with van der Waals surface area (Å²) >= 11 is 0. The quantitative estimate of drug-likeness (QED) is 0.557. The number of nitrogens with zero attached hydrogens (tertiary/aromatic N) is 1. The molecule has 140 valence electrons. The first-order valence-electron chi connectivity index (χ1n) is 7.70. The van der Waals surface area contributed by atoms with Gasteiger partial charge in [0.05, 0.1) is 23.0 Å². The molecule has 0 aromatic heterocycles. The summed E-state index contributed by atoms with van der Waals surface area (Å²) in [6.07, 6.45) is -0.583. The molecule has 0 heterocycles. The zero-order valence-corrected chi connectivity index (χ0v) is 15.4. The summed E-state index contributed by atoms with van der Waals surface area (Å²) in [5, 5.41) is 10.9. The average Bonchev–Trinajstić information content (AvgIpc) is 2.62. The van der Waals surface area contributed by atoms with Crippen molar-refractivity contribution in [2.24, 2.45) is 0 Å². The third-order valence-electron chi connectivity index (χ3n) is 3.90. The number of nitro benzene ring substituents is 1. The lowest BCUT2D eigenvalue weighted by Gasteiger charge is -2.19. The lowest BCUT2D eigenvalue weighted by Crippen LogP contribution is -2.30. The number of para-hydroxylation sites is 1. The number of non-ortho nitro benzene ring substituents is 1. The molecule has 0 aliphatic heterocycles. The van der Waals surface area contributed by atoms with Gasteiger partial charge in [-0.3, -0.25) is 10.1 Å². The summed E-state index contributed by atoms with van der Waals surface area (Å²) < 4.78 is 38.3. The van der Waals surface area contributed by atoms with E-state index < -0.39 is 21.1 Å². The largest absolute Gasteiger partial charge is 0.496 e. The number of benzene rings is 2. The summed E-state index contributed by atoms with van der Waals surface area (Å²) in [6.45, 7) is 1.52. The highest BCUT2D eigenvalue weighted by atomic mass is 32.2. The van der Waals surface area contributed by atoms with E-state index in [9.17, 15) is 18.5 Å². The highest BCUT2D eigenvalue weighted by molar-refractivity contribution is 7.89. The van der Waals surface area contributed by atoms with Crippen LogP contribution in [0, 0.1) is 17.0 Å². The van der Waals surface area contributed by atoms with E-state index in [0.29, 0.717) is 16.9 Å². The van der Waals surface area contributed by atoms with Gasteiger partial charge in [-0.1, -0.05) is 24.3 Å². The van der Waals surface area contributed by atoms with Crippen LogP contribution in [0.5, 0.6) is 5.75 Å². The first-order chi connectivity index (χ1) is 12.3. The van der Waals surface area contributed by atoms with Crippen LogP contribution < -0.4 is 9.46 Å². The van der Waals surface area contributed by atoms with Gasteiger partial charge in [-0.15, -0.1) is 0 Å². The number of nitro groups is 1. The number of hydrogen-bond acceptors (Lipinski definition) is 6. The molecule has 0 spiro atoms. The van der Waals surface area contributed by atoms with Gasteiger partial charge in [0.15, 0.2) is 0 Å². The fraction of sp³-hybridized carbons (Fsp3) is 0.294. The molecule has 0 saturated heterocycles. The lowest BCUT2D eigenvalue weighted by atomic mass is 10.1. The number of ether oxygens (including phenoxy) is 2. The van der Waals surface area contributed by atoms with Gasteiger partial charge in [0.2, 0.25) is 10.0 Å². The van der Waals surface area contributed by atoms with Gasteiger partial charge in [-0.05, 0) is 18.6 Å². The maximum Gasteiger partial charge on any atom is 0.270 e. The SMILES string of the molecule is COc1ccccc1C(CNS(=O)(=O)c1cc([N+](=O)[O-])ccc1C)OC. The van der Waals surface area contributed by atoms with E-state index in [1.807, 2.05) is 0 Å². The van der Waals surface area contributed by atoms with Crippen molar-refractivity contribution < 1.29 is 22.8 Å². The summed E-state index contributed by atoms with van der Waals surface area (Å²) in [5.41, 5.74) is 0.814. The molecule has 8 nitrogen and oxygen atoms in total. The van der Waals surface area contributed by atoms with E-state index in [1.165, 1.54) is 26.4 Å². The van der Waals surface area contributed by atoms with Crippen LogP contribution in [0.15, 0.2) is 47.4 Å². The number of methoxy groups -OCH3 is 2. The molecule has 1 N–H and O–H groups in total. The Morgan fingerprint density at radius 3 is 2.50 bits per heavy atom. The predicted octanol–water partition coefficient (Wildman–Crippen LogP) is 2.58. The van der Waals surface area contributed by atoms with E-state index in [0.717, 1.165) is 6.07 Å². The Balaban J connectivity index is 2.26. The molecule has 2 aromatic carbocycles. The Labute approximate surface area is 152 Å². The molecular weight excluding hydrogens is 360 g/mol. The molecule has 0 aliphatic carbocycles. The molecule has 0 amide bonds. The third kappa shape index (κ3) is 4.37. The molecule has 1 unspecified atom stereocenters. The first-order valence-corrected chi connectivity index (χ1v) is 9.19. The van der Waals surface area contributed by atoms with Crippen LogP contribution in [-0.2, 0) is 14.8 Å². The predicted molar refractivity (Wildman–Crippen MR) is 95.8 cm³/mol. The summed E-state index contributed by atoms with van der Waals surface area (Å²) in [4.78, 5) is 10.1. The van der Waals surface area contributed by atoms with E-state index in [2.05, 4.69) is 4.72 Å². The van der Waals surface area contributed by atoms with Gasteiger partial charge < -0.3 is 9.47 Å². The Morgan fingerprint density at radius 1 is 1.19 bits per heavy atom. The minimum Gasteiger partial charge on any atom is -0.496 e. The number of rotatable bonds is 8. The van der Waals surface area contributed by atoms with Gasteiger partial charge in [-0.2, -0.15) is 0 Å². The number of sulfonamides is 1. The molecular formula is C17H20N2O6S. The standard InChI is InChI=1S/C17H20N2O6S/c1-12-8-9-13(19(20)21)10-17(12)26(22,23)18-11-16(25-3)14-6-4-5-7-15(14)24-2/h4-10,16,18H,11H2,1-3H3. The van der Waals surface area contributed by atoms with Crippen LogP contribution in [-0.4, -0.2) is 34.1 Å². The van der Waals surface area contributed by atoms with Crippen molar-refractivity contribution in [1.29, 1.82) is 0 Å². The molecule has 26 heavy (non-hydrogen) atoms. The highest BCUT2D eigenvalue weighted by Gasteiger charge is 2.23. The zero-order chi connectivity index (χ0) is 19.3. The molecule has 0 fully saturated rings. The van der Waals surface area contributed by atoms with Gasteiger partial charge in [0, 0.05) is 31.4 Å². The van der Waals surface area contributed by atoms with Crippen molar-refractivity contribution in [3.63, 3.8) is 0 Å². The van der Waals surface area contributed by atoms with E-state index in [4.69, 9.17) is 9.47 Å². The van der Waals surface area contributed by atoms with Crippen LogP contribution in [0.3, 0.4) is 0 Å². The second kappa shape index (κ2) is 8.26. The number of hydrogen-bond donors (Lipinski definition) is 1. The van der Waals surface area contributed by atoms with Crippen LogP contribution in [0.1, 0.15) is 17.2 Å². The molecule has 9 heteroatoms. The fourth-order valence-corrected chi connectivity index (χ4v) is 3.80. The maximum atomic E-state index is 12.6. The van der Waals surface area contributed by atoms with Crippen molar-refractivity contribution in [2.75, 3.05) is 20.8 Å². The van der Waals surface area contributed by atoms with Crippen LogP contribution in [0.25, 0.3) is 0 Å². The molecule has 2 aromatic rings. The van der Waals surface area contributed by atoms with Crippen molar-refractivity contribution in [1.82, 2.24) is 4.72 Å². The van der Waals surface area contributed by atoms with Crippen LogP contribution in [0.4, 0.5) is 5.69 Å². The van der Waals surface area contributed by atoms with E-state index in [1.54, 1.807) is 31.2 Å². The van der Waals surface area contributed by atoms with Crippen molar-refractivity contribution in [3.05, 3.63) is 63.7 Å². The van der Waals surface area contributed by atoms with Crippen molar-refractivity contribution in [3.8, 4) is 5.75 Å². The number of nitrogens with one attached hydrogen (secondary N) is 1. The highest BCUT2D eigenvalue weighted by Crippen LogP contribution is 2.27. The van der Waals surface area contributed by atoms with Crippen LogP contribution >= 0.6 is 0 Å². The molecule has 1 atom stereocenters. The second-order valence-electron chi connectivity index (χ2n) is 5.53. The van der Waals surface area contributed by atoms with E-state index in [-0.39, 0.29) is 17.1 Å². The van der Waals surface area contributed by atoms with E-state index >= 15 is 0 Å². The fourth-order valence-electron chi connectivity index (χ4n) is 2.51. The first kappa shape index (κ1) is 19.8. The normalized spacial score (nSPS) is 12.6. The average molecular weight is 380 g/mol. The summed E-state index contributed by atoms with van der Waals surface area (Å²) in [7, 11) is -0.977. The van der Waals surface area contributed by atoms with Gasteiger partial charge >= 0.3 is 0 Å². The zero-order valence-electron chi connectivity index (χ0n) is 14.6. The minimum atomic E-state index is -3.95. The Hall–Kier alpha value is -2.49. The Kier molecular flexibility index (Phi) is 6.30. The third-order valence-corrected chi connectivity index (χ3v) is 5.47. The van der Waals surface area contributed by atoms with Gasteiger partial charge in [0.1, 0.15) is 5.75 Å². The van der Waals surface area contributed by atoms with Crippen LogP contribution in [0.2, 0.25) is 0 Å². The molecule has 0 bridgehead atoms. The molecule has 0 aliphatic rings. The molecule has 0 radical (unpaired) electrons.